The summed E-state index contributed by atoms with van der Waals surface area (Å²) in [5.74, 6) is 3.50. The van der Waals surface area contributed by atoms with Crippen molar-refractivity contribution in [3.05, 3.63) is 23.8 Å². The largest absolute Gasteiger partial charge is 0.454 e. The second-order valence-electron chi connectivity index (χ2n) is 5.80. The molecule has 0 spiro atoms. The van der Waals surface area contributed by atoms with Crippen molar-refractivity contribution >= 4 is 0 Å². The van der Waals surface area contributed by atoms with Gasteiger partial charge < -0.3 is 14.8 Å². The maximum Gasteiger partial charge on any atom is 0.231 e. The number of hydrogen-bond donors (Lipinski definition) is 1. The van der Waals surface area contributed by atoms with Gasteiger partial charge in [0.25, 0.3) is 0 Å². The van der Waals surface area contributed by atoms with Gasteiger partial charge >= 0.3 is 0 Å². The summed E-state index contributed by atoms with van der Waals surface area (Å²) in [6.07, 6.45) is 5.58. The quantitative estimate of drug-likeness (QED) is 0.901. The van der Waals surface area contributed by atoms with Crippen LogP contribution in [0.15, 0.2) is 18.2 Å². The van der Waals surface area contributed by atoms with Gasteiger partial charge in [-0.15, -0.1) is 0 Å². The van der Waals surface area contributed by atoms with Gasteiger partial charge in [0.15, 0.2) is 11.5 Å². The lowest BCUT2D eigenvalue weighted by atomic mass is 9.80. The van der Waals surface area contributed by atoms with Crippen LogP contribution in [-0.2, 0) is 6.54 Å². The molecule has 19 heavy (non-hydrogen) atoms. The molecule has 2 aliphatic rings. The van der Waals surface area contributed by atoms with Crippen LogP contribution >= 0.6 is 0 Å². The Morgan fingerprint density at radius 2 is 2.11 bits per heavy atom. The predicted octanol–water partition coefficient (Wildman–Crippen LogP) is 3.33. The number of nitrogens with one attached hydrogen (secondary N) is 1. The lowest BCUT2D eigenvalue weighted by Crippen LogP contribution is -2.29. The topological polar surface area (TPSA) is 30.5 Å². The van der Waals surface area contributed by atoms with Crippen LogP contribution in [0.5, 0.6) is 11.5 Å². The van der Waals surface area contributed by atoms with Crippen LogP contribution in [0.3, 0.4) is 0 Å². The average Bonchev–Trinajstić information content (AvgIpc) is 2.90. The molecule has 3 nitrogen and oxygen atoms in total. The second-order valence-corrected chi connectivity index (χ2v) is 5.80. The van der Waals surface area contributed by atoms with Gasteiger partial charge in [0.05, 0.1) is 0 Å². The van der Waals surface area contributed by atoms with Gasteiger partial charge in [0.1, 0.15) is 0 Å². The summed E-state index contributed by atoms with van der Waals surface area (Å²) in [5.41, 5.74) is 1.21. The number of benzene rings is 1. The monoisotopic (exact) mass is 261 g/mol. The third-order valence-electron chi connectivity index (χ3n) is 4.49. The van der Waals surface area contributed by atoms with E-state index in [1.807, 2.05) is 12.1 Å². The van der Waals surface area contributed by atoms with E-state index in [0.29, 0.717) is 6.79 Å². The molecule has 1 fully saturated rings. The maximum absolute atomic E-state index is 5.53. The molecule has 1 N–H and O–H groups in total. The highest BCUT2D eigenvalue weighted by atomic mass is 16.7. The molecular formula is C16H23NO2. The van der Waals surface area contributed by atoms with Crippen LogP contribution in [0.1, 0.15) is 38.2 Å². The number of ether oxygens (including phenoxy) is 2. The minimum atomic E-state index is 0.353. The van der Waals surface area contributed by atoms with E-state index in [1.54, 1.807) is 0 Å². The second kappa shape index (κ2) is 5.83. The minimum absolute atomic E-state index is 0.353. The van der Waals surface area contributed by atoms with E-state index in [1.165, 1.54) is 31.2 Å². The molecule has 1 saturated carbocycles. The van der Waals surface area contributed by atoms with Crippen LogP contribution < -0.4 is 14.8 Å². The molecule has 0 saturated heterocycles. The summed E-state index contributed by atoms with van der Waals surface area (Å²) >= 11 is 0. The highest BCUT2D eigenvalue weighted by molar-refractivity contribution is 5.48. The Balaban J connectivity index is 1.54. The van der Waals surface area contributed by atoms with E-state index in [4.69, 9.17) is 9.47 Å². The fourth-order valence-electron chi connectivity index (χ4n) is 3.22. The summed E-state index contributed by atoms with van der Waals surface area (Å²) in [6.45, 7) is 4.73. The van der Waals surface area contributed by atoms with E-state index >= 15 is 0 Å². The van der Waals surface area contributed by atoms with Crippen molar-refractivity contribution in [3.63, 3.8) is 0 Å². The lowest BCUT2D eigenvalue weighted by molar-refractivity contribution is 0.173. The molecule has 1 aromatic carbocycles. The van der Waals surface area contributed by atoms with Crippen molar-refractivity contribution in [2.24, 2.45) is 11.8 Å². The Labute approximate surface area is 115 Å². The molecule has 1 aromatic rings. The first-order valence-corrected chi connectivity index (χ1v) is 7.43. The molecule has 1 heterocycles. The molecule has 104 valence electrons. The van der Waals surface area contributed by atoms with Gasteiger partial charge in [-0.05, 0) is 30.9 Å². The Morgan fingerprint density at radius 3 is 3.00 bits per heavy atom. The third-order valence-corrected chi connectivity index (χ3v) is 4.49. The first kappa shape index (κ1) is 12.8. The molecule has 2 unspecified atom stereocenters. The molecule has 1 aliphatic carbocycles. The fourth-order valence-corrected chi connectivity index (χ4v) is 3.22. The Hall–Kier alpha value is -1.22. The van der Waals surface area contributed by atoms with E-state index in [2.05, 4.69) is 18.3 Å². The van der Waals surface area contributed by atoms with Crippen molar-refractivity contribution in [2.75, 3.05) is 13.3 Å². The van der Waals surface area contributed by atoms with E-state index in [9.17, 15) is 0 Å². The zero-order valence-corrected chi connectivity index (χ0v) is 11.7. The SMILES string of the molecule is CC1CCCCC1CNCc1cccc2c1OCO2. The van der Waals surface area contributed by atoms with E-state index in [-0.39, 0.29) is 0 Å². The number of rotatable bonds is 4. The van der Waals surface area contributed by atoms with Gasteiger partial charge in [-0.1, -0.05) is 38.3 Å². The van der Waals surface area contributed by atoms with Crippen LogP contribution in [-0.4, -0.2) is 13.3 Å². The number of para-hydroxylation sites is 1. The van der Waals surface area contributed by atoms with Gasteiger partial charge in [-0.25, -0.2) is 0 Å². The maximum atomic E-state index is 5.53. The molecular weight excluding hydrogens is 238 g/mol. The summed E-state index contributed by atoms with van der Waals surface area (Å²) in [5, 5.41) is 3.60. The Morgan fingerprint density at radius 1 is 1.21 bits per heavy atom. The molecule has 3 rings (SSSR count). The Kier molecular flexibility index (Phi) is 3.92. The zero-order valence-electron chi connectivity index (χ0n) is 11.7. The number of fused-ring (bicyclic) bond motifs is 1. The highest BCUT2D eigenvalue weighted by Crippen LogP contribution is 2.35. The first-order valence-electron chi connectivity index (χ1n) is 7.43. The van der Waals surface area contributed by atoms with Crippen LogP contribution in [0.2, 0.25) is 0 Å². The zero-order chi connectivity index (χ0) is 13.1. The summed E-state index contributed by atoms with van der Waals surface area (Å²) in [7, 11) is 0. The van der Waals surface area contributed by atoms with E-state index < -0.39 is 0 Å². The lowest BCUT2D eigenvalue weighted by Gasteiger charge is -2.29. The molecule has 1 aliphatic heterocycles. The first-order chi connectivity index (χ1) is 9.34. The van der Waals surface area contributed by atoms with Crippen LogP contribution in [0.4, 0.5) is 0 Å². The molecule has 0 bridgehead atoms. The summed E-state index contributed by atoms with van der Waals surface area (Å²) in [4.78, 5) is 0. The standard InChI is InChI=1S/C16H23NO2/c1-12-5-2-3-6-13(12)9-17-10-14-7-4-8-15-16(14)19-11-18-15/h4,7-8,12-13,17H,2-3,5-6,9-11H2,1H3. The van der Waals surface area contributed by atoms with Crippen molar-refractivity contribution in [1.82, 2.24) is 5.32 Å². The molecule has 3 heteroatoms. The smallest absolute Gasteiger partial charge is 0.231 e. The predicted molar refractivity (Wildman–Crippen MR) is 75.4 cm³/mol. The molecule has 2 atom stereocenters. The third kappa shape index (κ3) is 2.86. The van der Waals surface area contributed by atoms with Crippen molar-refractivity contribution in [3.8, 4) is 11.5 Å². The fraction of sp³-hybridized carbons (Fsp3) is 0.625. The summed E-state index contributed by atoms with van der Waals surface area (Å²) < 4.78 is 10.9. The van der Waals surface area contributed by atoms with Crippen molar-refractivity contribution < 1.29 is 9.47 Å². The van der Waals surface area contributed by atoms with Gasteiger partial charge in [-0.3, -0.25) is 0 Å². The number of hydrogen-bond acceptors (Lipinski definition) is 3. The molecule has 0 amide bonds. The van der Waals surface area contributed by atoms with Crippen molar-refractivity contribution in [2.45, 2.75) is 39.2 Å². The normalized spacial score (nSPS) is 25.5. The summed E-state index contributed by atoms with van der Waals surface area (Å²) in [6, 6.07) is 6.12. The van der Waals surface area contributed by atoms with Gasteiger partial charge in [0.2, 0.25) is 6.79 Å². The highest BCUT2D eigenvalue weighted by Gasteiger charge is 2.21. The van der Waals surface area contributed by atoms with Crippen LogP contribution in [0.25, 0.3) is 0 Å². The van der Waals surface area contributed by atoms with Gasteiger partial charge in [0, 0.05) is 12.1 Å². The minimum Gasteiger partial charge on any atom is -0.454 e. The molecule has 0 radical (unpaired) electrons. The van der Waals surface area contributed by atoms with E-state index in [0.717, 1.165) is 36.4 Å². The van der Waals surface area contributed by atoms with Crippen molar-refractivity contribution in [1.29, 1.82) is 0 Å². The van der Waals surface area contributed by atoms with Gasteiger partial charge in [-0.2, -0.15) is 0 Å². The average molecular weight is 261 g/mol. The van der Waals surface area contributed by atoms with Crippen LogP contribution in [0, 0.1) is 11.8 Å². The molecule has 0 aromatic heterocycles. The Bertz CT molecular complexity index is 433.